The molecule has 0 aliphatic carbocycles. The summed E-state index contributed by atoms with van der Waals surface area (Å²) < 4.78 is 1.84. The van der Waals surface area contributed by atoms with Crippen LogP contribution < -0.4 is 22.3 Å². The molecule has 2 amide bonds. The second-order valence-electron chi connectivity index (χ2n) is 8.56. The van der Waals surface area contributed by atoms with Gasteiger partial charge < -0.3 is 21.4 Å². The number of nitrogens with zero attached hydrogens (tertiary/aromatic N) is 3. The van der Waals surface area contributed by atoms with Crippen LogP contribution in [0.25, 0.3) is 11.3 Å². The fourth-order valence-corrected chi connectivity index (χ4v) is 3.85. The largest absolute Gasteiger partial charge is 0.403 e. The number of rotatable bonds is 7. The number of benzene rings is 1. The maximum Gasteiger partial charge on any atom is 0.243 e. The van der Waals surface area contributed by atoms with E-state index in [9.17, 15) is 9.59 Å². The molecule has 1 saturated heterocycles. The van der Waals surface area contributed by atoms with Gasteiger partial charge in [0.05, 0.1) is 11.7 Å². The van der Waals surface area contributed by atoms with E-state index in [1.54, 1.807) is 11.1 Å². The lowest BCUT2D eigenvalue weighted by atomic mass is 10.0. The Balaban J connectivity index is 0.000000696. The molecule has 0 radical (unpaired) electrons. The van der Waals surface area contributed by atoms with Crippen LogP contribution >= 0.6 is 0 Å². The lowest BCUT2D eigenvalue weighted by Crippen LogP contribution is -2.46. The monoisotopic (exact) mass is 455 g/mol. The number of nitrogens with two attached hydrogens (primary N) is 2. The summed E-state index contributed by atoms with van der Waals surface area (Å²) in [6.45, 7) is 6.71. The third kappa shape index (κ3) is 7.35. The van der Waals surface area contributed by atoms with Gasteiger partial charge in [-0.05, 0) is 42.9 Å². The molecule has 9 heteroatoms. The molecule has 0 bridgehead atoms. The van der Waals surface area contributed by atoms with Crippen molar-refractivity contribution in [3.05, 3.63) is 54.5 Å². The number of likely N-dealkylation sites (tertiary alicyclic amines) is 1. The van der Waals surface area contributed by atoms with E-state index in [-0.39, 0.29) is 23.9 Å². The second kappa shape index (κ2) is 12.6. The number of carbonyl (C=O) groups excluding carboxylic acids is 2. The molecule has 1 aromatic heterocycles. The van der Waals surface area contributed by atoms with Crippen LogP contribution in [0.2, 0.25) is 0 Å². The van der Waals surface area contributed by atoms with Gasteiger partial charge in [-0.3, -0.25) is 20.1 Å². The number of carbonyl (C=O) groups is 2. The Morgan fingerprint density at radius 2 is 1.91 bits per heavy atom. The van der Waals surface area contributed by atoms with Crippen molar-refractivity contribution in [2.45, 2.75) is 52.1 Å². The van der Waals surface area contributed by atoms with E-state index >= 15 is 0 Å². The topological polar surface area (TPSA) is 131 Å². The Bertz CT molecular complexity index is 921. The van der Waals surface area contributed by atoms with Crippen LogP contribution in [-0.2, 0) is 16.6 Å². The van der Waals surface area contributed by atoms with Crippen LogP contribution in [0, 0.1) is 5.92 Å². The Morgan fingerprint density at radius 1 is 1.21 bits per heavy atom. The molecule has 6 N–H and O–H groups in total. The van der Waals surface area contributed by atoms with E-state index < -0.39 is 0 Å². The quantitative estimate of drug-likeness (QED) is 0.374. The normalized spacial score (nSPS) is 16.4. The SMILES string of the molecule is CC(C)CC(=O)N1CCCC1C(=O)NC(C)c1ccc(-c2ccnn2C)cc1.N/C=C\NN. The predicted octanol–water partition coefficient (Wildman–Crippen LogP) is 2.18. The summed E-state index contributed by atoms with van der Waals surface area (Å²) in [5.41, 5.74) is 10.2. The fraction of sp³-hybridized carbons (Fsp3) is 0.458. The zero-order valence-electron chi connectivity index (χ0n) is 20.0. The first kappa shape index (κ1) is 25.9. The number of nitrogens with one attached hydrogen (secondary N) is 2. The predicted molar refractivity (Wildman–Crippen MR) is 130 cm³/mol. The summed E-state index contributed by atoms with van der Waals surface area (Å²) in [4.78, 5) is 27.0. The molecule has 33 heavy (non-hydrogen) atoms. The van der Waals surface area contributed by atoms with Crippen molar-refractivity contribution in [3.8, 4) is 11.3 Å². The first-order valence-corrected chi connectivity index (χ1v) is 11.3. The molecule has 3 rings (SSSR count). The third-order valence-electron chi connectivity index (χ3n) is 5.54. The molecule has 180 valence electrons. The number of hydrazine groups is 1. The van der Waals surface area contributed by atoms with Gasteiger partial charge in [-0.15, -0.1) is 0 Å². The van der Waals surface area contributed by atoms with Crippen molar-refractivity contribution < 1.29 is 9.59 Å². The van der Waals surface area contributed by atoms with Gasteiger partial charge in [-0.1, -0.05) is 38.1 Å². The van der Waals surface area contributed by atoms with Crippen molar-refractivity contribution in [2.75, 3.05) is 6.54 Å². The van der Waals surface area contributed by atoms with Crippen molar-refractivity contribution in [1.29, 1.82) is 0 Å². The molecule has 2 heterocycles. The standard InChI is InChI=1S/C22H30N4O2.C2H7N3/c1-15(2)14-21(27)26-13-5-6-20(26)22(28)24-16(3)17-7-9-18(10-8-17)19-11-12-23-25(19)4;3-1-2-5-4/h7-12,15-16,20H,5-6,13-14H2,1-4H3,(H,24,28);1-2,5H,3-4H2/b;2-1-. The number of aryl methyl sites for hydroxylation is 1. The molecule has 1 aliphatic rings. The maximum atomic E-state index is 12.8. The van der Waals surface area contributed by atoms with Crippen molar-refractivity contribution in [1.82, 2.24) is 25.4 Å². The van der Waals surface area contributed by atoms with Crippen molar-refractivity contribution in [3.63, 3.8) is 0 Å². The third-order valence-corrected chi connectivity index (χ3v) is 5.54. The molecule has 2 aromatic rings. The van der Waals surface area contributed by atoms with E-state index in [1.165, 1.54) is 12.4 Å². The van der Waals surface area contributed by atoms with Crippen molar-refractivity contribution in [2.24, 2.45) is 24.5 Å². The highest BCUT2D eigenvalue weighted by Crippen LogP contribution is 2.23. The fourth-order valence-electron chi connectivity index (χ4n) is 3.85. The van der Waals surface area contributed by atoms with Gasteiger partial charge in [-0.2, -0.15) is 5.10 Å². The number of hydrogen-bond acceptors (Lipinski definition) is 6. The highest BCUT2D eigenvalue weighted by molar-refractivity contribution is 5.88. The number of aromatic nitrogens is 2. The highest BCUT2D eigenvalue weighted by atomic mass is 16.2. The Morgan fingerprint density at radius 3 is 2.42 bits per heavy atom. The molecular formula is C24H37N7O2. The molecule has 0 saturated carbocycles. The molecule has 2 atom stereocenters. The summed E-state index contributed by atoms with van der Waals surface area (Å²) in [5, 5.41) is 7.29. The van der Waals surface area contributed by atoms with E-state index in [0.717, 1.165) is 29.7 Å². The van der Waals surface area contributed by atoms with Crippen LogP contribution in [0.4, 0.5) is 0 Å². The summed E-state index contributed by atoms with van der Waals surface area (Å²) in [7, 11) is 1.92. The smallest absolute Gasteiger partial charge is 0.243 e. The molecule has 1 fully saturated rings. The summed E-state index contributed by atoms with van der Waals surface area (Å²) in [6, 6.07) is 9.67. The minimum atomic E-state index is -0.345. The van der Waals surface area contributed by atoms with E-state index in [2.05, 4.69) is 15.8 Å². The van der Waals surface area contributed by atoms with Crippen LogP contribution in [0.5, 0.6) is 0 Å². The molecule has 9 nitrogen and oxygen atoms in total. The van der Waals surface area contributed by atoms with Gasteiger partial charge in [0.15, 0.2) is 0 Å². The van der Waals surface area contributed by atoms with E-state index in [0.29, 0.717) is 18.9 Å². The van der Waals surface area contributed by atoms with Crippen LogP contribution in [0.15, 0.2) is 48.9 Å². The second-order valence-corrected chi connectivity index (χ2v) is 8.56. The lowest BCUT2D eigenvalue weighted by molar-refractivity contribution is -0.139. The van der Waals surface area contributed by atoms with E-state index in [1.807, 2.05) is 62.8 Å². The van der Waals surface area contributed by atoms with Crippen molar-refractivity contribution >= 4 is 11.8 Å². The average Bonchev–Trinajstić information content (AvgIpc) is 3.43. The van der Waals surface area contributed by atoms with Gasteiger partial charge >= 0.3 is 0 Å². The van der Waals surface area contributed by atoms with Crippen LogP contribution in [0.1, 0.15) is 51.6 Å². The minimum absolute atomic E-state index is 0.0576. The summed E-state index contributed by atoms with van der Waals surface area (Å²) in [5.74, 6) is 5.05. The molecule has 1 aromatic carbocycles. The van der Waals surface area contributed by atoms with Gasteiger partial charge in [0.25, 0.3) is 0 Å². The molecule has 0 spiro atoms. The van der Waals surface area contributed by atoms with Gasteiger partial charge in [-0.25, -0.2) is 0 Å². The molecule has 1 aliphatic heterocycles. The highest BCUT2D eigenvalue weighted by Gasteiger charge is 2.34. The molecular weight excluding hydrogens is 418 g/mol. The lowest BCUT2D eigenvalue weighted by Gasteiger charge is -2.26. The van der Waals surface area contributed by atoms with Crippen LogP contribution in [-0.4, -0.2) is 39.1 Å². The number of amides is 2. The van der Waals surface area contributed by atoms with E-state index in [4.69, 9.17) is 11.6 Å². The summed E-state index contributed by atoms with van der Waals surface area (Å²) >= 11 is 0. The first-order chi connectivity index (χ1) is 15.8. The van der Waals surface area contributed by atoms with Gasteiger partial charge in [0, 0.05) is 38.6 Å². The van der Waals surface area contributed by atoms with Crippen LogP contribution in [0.3, 0.4) is 0 Å². The van der Waals surface area contributed by atoms with Gasteiger partial charge in [0.2, 0.25) is 11.8 Å². The average molecular weight is 456 g/mol. The zero-order valence-corrected chi connectivity index (χ0v) is 20.0. The first-order valence-electron chi connectivity index (χ1n) is 11.3. The van der Waals surface area contributed by atoms with Gasteiger partial charge in [0.1, 0.15) is 6.04 Å². The summed E-state index contributed by atoms with van der Waals surface area (Å²) in [6.07, 6.45) is 6.65. The zero-order chi connectivity index (χ0) is 24.4. The Kier molecular flexibility index (Phi) is 9.93. The Labute approximate surface area is 196 Å². The molecule has 2 unspecified atom stereocenters. The maximum absolute atomic E-state index is 12.8. The number of hydrogen-bond donors (Lipinski definition) is 4. The Hall–Kier alpha value is -3.33. The minimum Gasteiger partial charge on any atom is -0.403 e.